The molecule has 1 amide bonds. The smallest absolute Gasteiger partial charge is 0.270 e. The molecule has 0 bridgehead atoms. The third kappa shape index (κ3) is 3.93. The molecule has 0 radical (unpaired) electrons. The molecule has 2 aliphatic heterocycles. The number of nitrogens with one attached hydrogen (secondary N) is 2. The molecule has 0 saturated heterocycles. The van der Waals surface area contributed by atoms with Gasteiger partial charge in [-0.25, -0.2) is 0 Å². The number of carbonyl (C=O) groups excluding carboxylic acids is 1. The average molecular weight is 439 g/mol. The minimum absolute atomic E-state index is 0.0673. The van der Waals surface area contributed by atoms with Crippen LogP contribution < -0.4 is 15.4 Å². The number of benzene rings is 2. The number of para-hydroxylation sites is 1. The number of rotatable bonds is 6. The van der Waals surface area contributed by atoms with Gasteiger partial charge in [0.05, 0.1) is 11.5 Å². The number of hydrogen-bond donors (Lipinski definition) is 2. The predicted octanol–water partition coefficient (Wildman–Crippen LogP) is 3.78. The summed E-state index contributed by atoms with van der Waals surface area (Å²) in [5, 5.41) is 24.4. The molecule has 0 saturated carbocycles. The third-order valence-electron chi connectivity index (χ3n) is 4.90. The molecule has 2 heterocycles. The summed E-state index contributed by atoms with van der Waals surface area (Å²) < 4.78 is 5.75. The standard InChI is InChI=1S/C21H21N5O4S/c1-3-11-31-21-23-20(27)18-14-7-5-6-8-16(14)22-19(25(18)24-21)15-12-13(26(28)29)9-10-17(15)30-4-2/h3,5-10,12,18-19,22H,1,4,11H2,2H3,(H,23,24,27)/t18-,19-/m1/s1. The lowest BCUT2D eigenvalue weighted by molar-refractivity contribution is -0.385. The van der Waals surface area contributed by atoms with E-state index in [1.807, 2.05) is 31.2 Å². The number of non-ortho nitro benzene ring substituents is 1. The Hall–Kier alpha value is -3.53. The van der Waals surface area contributed by atoms with Crippen molar-refractivity contribution in [2.45, 2.75) is 19.1 Å². The number of nitro groups is 1. The molecule has 4 rings (SSSR count). The van der Waals surface area contributed by atoms with Crippen LogP contribution in [0.25, 0.3) is 0 Å². The van der Waals surface area contributed by atoms with Gasteiger partial charge >= 0.3 is 0 Å². The van der Waals surface area contributed by atoms with Crippen LogP contribution in [0.5, 0.6) is 5.75 Å². The van der Waals surface area contributed by atoms with Gasteiger partial charge in [0, 0.05) is 34.7 Å². The van der Waals surface area contributed by atoms with Crippen molar-refractivity contribution in [3.63, 3.8) is 0 Å². The molecular formula is C21H21N5O4S. The maximum atomic E-state index is 13.1. The Balaban J connectivity index is 1.87. The molecule has 2 N–H and O–H groups in total. The number of amidine groups is 1. The van der Waals surface area contributed by atoms with E-state index in [0.717, 1.165) is 11.3 Å². The summed E-state index contributed by atoms with van der Waals surface area (Å²) in [4.78, 5) is 24.1. The van der Waals surface area contributed by atoms with Crippen molar-refractivity contribution in [3.05, 3.63) is 76.4 Å². The summed E-state index contributed by atoms with van der Waals surface area (Å²) in [6, 6.07) is 11.2. The number of carbonyl (C=O) groups is 1. The minimum atomic E-state index is -0.690. The first-order valence-electron chi connectivity index (χ1n) is 9.71. The second-order valence-electron chi connectivity index (χ2n) is 6.82. The first-order chi connectivity index (χ1) is 15.0. The maximum absolute atomic E-state index is 13.1. The lowest BCUT2D eigenvalue weighted by Crippen LogP contribution is -2.51. The van der Waals surface area contributed by atoms with Crippen molar-refractivity contribution in [3.8, 4) is 5.75 Å². The summed E-state index contributed by atoms with van der Waals surface area (Å²) in [7, 11) is 0. The van der Waals surface area contributed by atoms with E-state index in [0.29, 0.717) is 28.8 Å². The van der Waals surface area contributed by atoms with Crippen molar-refractivity contribution in [1.82, 2.24) is 10.3 Å². The molecule has 0 spiro atoms. The number of amides is 1. The first kappa shape index (κ1) is 20.7. The third-order valence-corrected chi connectivity index (χ3v) is 5.76. The zero-order chi connectivity index (χ0) is 22.0. The molecule has 0 fully saturated rings. The van der Waals surface area contributed by atoms with E-state index in [-0.39, 0.29) is 11.6 Å². The van der Waals surface area contributed by atoms with Crippen LogP contribution in [0.3, 0.4) is 0 Å². The van der Waals surface area contributed by atoms with E-state index in [1.54, 1.807) is 17.2 Å². The SMILES string of the molecule is C=CCSC1=NN2[C@H](c3cc([N+](=O)[O-])ccc3OCC)Nc3ccccc3[C@@H]2C(=O)N1. The van der Waals surface area contributed by atoms with Crippen LogP contribution >= 0.6 is 11.8 Å². The number of ether oxygens (including phenoxy) is 1. The quantitative estimate of drug-likeness (QED) is 0.400. The van der Waals surface area contributed by atoms with Gasteiger partial charge in [0.15, 0.2) is 11.2 Å². The fraction of sp³-hybridized carbons (Fsp3) is 0.238. The second kappa shape index (κ2) is 8.68. The van der Waals surface area contributed by atoms with Crippen molar-refractivity contribution in [1.29, 1.82) is 0 Å². The zero-order valence-electron chi connectivity index (χ0n) is 16.8. The van der Waals surface area contributed by atoms with Gasteiger partial charge in [-0.3, -0.25) is 19.9 Å². The summed E-state index contributed by atoms with van der Waals surface area (Å²) >= 11 is 1.35. The van der Waals surface area contributed by atoms with E-state index in [4.69, 9.17) is 4.74 Å². The molecule has 10 heteroatoms. The number of anilines is 1. The van der Waals surface area contributed by atoms with E-state index in [1.165, 1.54) is 23.9 Å². The summed E-state index contributed by atoms with van der Waals surface area (Å²) in [6.45, 7) is 5.93. The molecule has 2 aliphatic rings. The van der Waals surface area contributed by atoms with E-state index >= 15 is 0 Å². The summed E-state index contributed by atoms with van der Waals surface area (Å²) in [5.41, 5.74) is 2.00. The zero-order valence-corrected chi connectivity index (χ0v) is 17.6. The molecule has 0 unspecified atom stereocenters. The van der Waals surface area contributed by atoms with Gasteiger partial charge in [0.25, 0.3) is 11.6 Å². The monoisotopic (exact) mass is 439 g/mol. The Kier molecular flexibility index (Phi) is 5.81. The molecule has 2 atom stereocenters. The number of nitrogens with zero attached hydrogens (tertiary/aromatic N) is 3. The fourth-order valence-corrected chi connectivity index (χ4v) is 4.23. The van der Waals surface area contributed by atoms with Gasteiger partial charge in [-0.15, -0.1) is 11.7 Å². The topological polar surface area (TPSA) is 109 Å². The number of nitro benzene ring substituents is 1. The number of hydrogen-bond acceptors (Lipinski definition) is 8. The van der Waals surface area contributed by atoms with Crippen LogP contribution in [0.4, 0.5) is 11.4 Å². The molecule has 31 heavy (non-hydrogen) atoms. The predicted molar refractivity (Wildman–Crippen MR) is 120 cm³/mol. The highest BCUT2D eigenvalue weighted by Crippen LogP contribution is 2.45. The Morgan fingerprint density at radius 1 is 1.32 bits per heavy atom. The highest BCUT2D eigenvalue weighted by Gasteiger charge is 2.43. The van der Waals surface area contributed by atoms with Crippen LogP contribution in [0, 0.1) is 10.1 Å². The van der Waals surface area contributed by atoms with E-state index in [9.17, 15) is 14.9 Å². The van der Waals surface area contributed by atoms with Crippen LogP contribution in [-0.4, -0.2) is 33.4 Å². The molecule has 0 aliphatic carbocycles. The van der Waals surface area contributed by atoms with Crippen LogP contribution in [0.1, 0.15) is 30.3 Å². The van der Waals surface area contributed by atoms with Gasteiger partial charge < -0.3 is 15.4 Å². The maximum Gasteiger partial charge on any atom is 0.270 e. The number of fused-ring (bicyclic) bond motifs is 3. The Morgan fingerprint density at radius 2 is 2.13 bits per heavy atom. The van der Waals surface area contributed by atoms with E-state index in [2.05, 4.69) is 22.3 Å². The van der Waals surface area contributed by atoms with Gasteiger partial charge in [0.2, 0.25) is 0 Å². The van der Waals surface area contributed by atoms with Crippen LogP contribution in [0.15, 0.2) is 60.2 Å². The van der Waals surface area contributed by atoms with Crippen molar-refractivity contribution in [2.75, 3.05) is 17.7 Å². The van der Waals surface area contributed by atoms with Crippen molar-refractivity contribution >= 4 is 34.2 Å². The normalized spacial score (nSPS) is 19.3. The van der Waals surface area contributed by atoms with E-state index < -0.39 is 17.1 Å². The molecule has 2 aromatic rings. The summed E-state index contributed by atoms with van der Waals surface area (Å²) in [5.74, 6) is 0.849. The highest BCUT2D eigenvalue weighted by molar-refractivity contribution is 8.14. The largest absolute Gasteiger partial charge is 0.493 e. The Labute approximate surface area is 183 Å². The van der Waals surface area contributed by atoms with Crippen LogP contribution in [-0.2, 0) is 4.79 Å². The number of hydrazone groups is 1. The average Bonchev–Trinajstić information content (AvgIpc) is 2.77. The molecular weight excluding hydrogens is 418 g/mol. The highest BCUT2D eigenvalue weighted by atomic mass is 32.2. The Morgan fingerprint density at radius 3 is 2.87 bits per heavy atom. The lowest BCUT2D eigenvalue weighted by Gasteiger charge is -2.43. The van der Waals surface area contributed by atoms with Gasteiger partial charge in [-0.1, -0.05) is 36.0 Å². The minimum Gasteiger partial charge on any atom is -0.493 e. The van der Waals surface area contributed by atoms with Gasteiger partial charge in [-0.05, 0) is 19.1 Å². The number of thioether (sulfide) groups is 1. The fourth-order valence-electron chi connectivity index (χ4n) is 3.63. The van der Waals surface area contributed by atoms with Crippen molar-refractivity contribution in [2.24, 2.45) is 5.10 Å². The van der Waals surface area contributed by atoms with Gasteiger partial charge in [-0.2, -0.15) is 0 Å². The Bertz CT molecular complexity index is 1070. The van der Waals surface area contributed by atoms with Gasteiger partial charge in [0.1, 0.15) is 11.9 Å². The second-order valence-corrected chi connectivity index (χ2v) is 7.83. The molecule has 2 aromatic carbocycles. The molecule has 0 aromatic heterocycles. The molecule has 160 valence electrons. The van der Waals surface area contributed by atoms with Crippen LogP contribution in [0.2, 0.25) is 0 Å². The lowest BCUT2D eigenvalue weighted by atomic mass is 9.96. The first-order valence-corrected chi connectivity index (χ1v) is 10.7. The molecule has 9 nitrogen and oxygen atoms in total. The van der Waals surface area contributed by atoms with Crippen molar-refractivity contribution < 1.29 is 14.5 Å². The summed E-state index contributed by atoms with van der Waals surface area (Å²) in [6.07, 6.45) is 1.08.